The van der Waals surface area contributed by atoms with Crippen LogP contribution in [-0.2, 0) is 0 Å². The van der Waals surface area contributed by atoms with Gasteiger partial charge in [0.2, 0.25) is 5.82 Å². The normalized spacial score (nSPS) is 9.73. The smallest absolute Gasteiger partial charge is 0.311 e. The summed E-state index contributed by atoms with van der Waals surface area (Å²) in [5, 5.41) is 23.2. The maximum Gasteiger partial charge on any atom is 0.311 e. The molecule has 0 heterocycles. The van der Waals surface area contributed by atoms with Crippen molar-refractivity contribution >= 4 is 17.1 Å². The van der Waals surface area contributed by atoms with Gasteiger partial charge in [-0.25, -0.2) is 0 Å². The number of nitrogens with zero attached hydrogens (tertiary/aromatic N) is 2. The molecule has 1 aromatic carbocycles. The Hall–Kier alpha value is -2.25. The summed E-state index contributed by atoms with van der Waals surface area (Å²) in [6, 6.07) is 1.30. The van der Waals surface area contributed by atoms with Crippen molar-refractivity contribution < 1.29 is 14.2 Å². The third-order valence-electron chi connectivity index (χ3n) is 1.73. The average Bonchev–Trinajstić information content (AvgIpc) is 2.16. The molecule has 7 nitrogen and oxygen atoms in total. The van der Waals surface area contributed by atoms with Gasteiger partial charge < -0.3 is 5.32 Å². The number of hydrogen-bond acceptors (Lipinski definition) is 5. The van der Waals surface area contributed by atoms with Gasteiger partial charge in [0.1, 0.15) is 5.69 Å². The molecule has 1 N–H and O–H groups in total. The highest BCUT2D eigenvalue weighted by atomic mass is 19.1. The molecule has 0 fully saturated rings. The molecular weight excluding hydrogens is 209 g/mol. The van der Waals surface area contributed by atoms with Crippen LogP contribution in [0.1, 0.15) is 0 Å². The fourth-order valence-corrected chi connectivity index (χ4v) is 1.04. The molecule has 0 aliphatic heterocycles. The first-order chi connectivity index (χ1) is 6.97. The lowest BCUT2D eigenvalue weighted by atomic mass is 10.2. The van der Waals surface area contributed by atoms with Gasteiger partial charge in [0.05, 0.1) is 15.9 Å². The minimum atomic E-state index is -1.12. The van der Waals surface area contributed by atoms with Gasteiger partial charge in [-0.1, -0.05) is 0 Å². The molecule has 15 heavy (non-hydrogen) atoms. The van der Waals surface area contributed by atoms with E-state index in [0.29, 0.717) is 6.07 Å². The van der Waals surface area contributed by atoms with Crippen LogP contribution < -0.4 is 5.32 Å². The lowest BCUT2D eigenvalue weighted by Crippen LogP contribution is -2.00. The van der Waals surface area contributed by atoms with Gasteiger partial charge in [-0.2, -0.15) is 4.39 Å². The third kappa shape index (κ3) is 1.98. The first kappa shape index (κ1) is 10.8. The van der Waals surface area contributed by atoms with Crippen LogP contribution in [0.3, 0.4) is 0 Å². The maximum absolute atomic E-state index is 13.0. The molecule has 0 aliphatic rings. The molecule has 1 rings (SSSR count). The summed E-state index contributed by atoms with van der Waals surface area (Å²) in [6.07, 6.45) is 0. The van der Waals surface area contributed by atoms with Crippen LogP contribution >= 0.6 is 0 Å². The number of nitro groups is 2. The first-order valence-electron chi connectivity index (χ1n) is 3.77. The predicted molar refractivity (Wildman–Crippen MR) is 49.3 cm³/mol. The standard InChI is InChI=1S/C7H6FN3O4/c1-9-5-2-4(8)6(10(12)13)3-7(5)11(14)15/h2-3,9H,1H3. The van der Waals surface area contributed by atoms with Gasteiger partial charge in [0.25, 0.3) is 5.69 Å². The van der Waals surface area contributed by atoms with E-state index < -0.39 is 27.0 Å². The Morgan fingerprint density at radius 1 is 1.20 bits per heavy atom. The van der Waals surface area contributed by atoms with E-state index in [9.17, 15) is 24.6 Å². The highest BCUT2D eigenvalue weighted by Crippen LogP contribution is 2.31. The van der Waals surface area contributed by atoms with Crippen molar-refractivity contribution in [3.05, 3.63) is 38.2 Å². The van der Waals surface area contributed by atoms with Crippen molar-refractivity contribution in [3.8, 4) is 0 Å². The van der Waals surface area contributed by atoms with E-state index in [1.807, 2.05) is 0 Å². The topological polar surface area (TPSA) is 98.3 Å². The second-order valence-corrected chi connectivity index (χ2v) is 2.58. The number of nitrogens with one attached hydrogen (secondary N) is 1. The highest BCUT2D eigenvalue weighted by molar-refractivity contribution is 5.65. The second-order valence-electron chi connectivity index (χ2n) is 2.58. The molecule has 0 unspecified atom stereocenters. The Morgan fingerprint density at radius 2 is 1.73 bits per heavy atom. The summed E-state index contributed by atoms with van der Waals surface area (Å²) in [5.41, 5.74) is -1.56. The largest absolute Gasteiger partial charge is 0.382 e. The predicted octanol–water partition coefficient (Wildman–Crippen LogP) is 1.68. The lowest BCUT2D eigenvalue weighted by Gasteiger charge is -2.01. The van der Waals surface area contributed by atoms with Gasteiger partial charge in [-0.3, -0.25) is 20.2 Å². The second kappa shape index (κ2) is 3.86. The fourth-order valence-electron chi connectivity index (χ4n) is 1.04. The molecule has 1 aromatic rings. The van der Waals surface area contributed by atoms with E-state index in [4.69, 9.17) is 0 Å². The molecule has 8 heteroatoms. The van der Waals surface area contributed by atoms with Crippen molar-refractivity contribution in [2.45, 2.75) is 0 Å². The quantitative estimate of drug-likeness (QED) is 0.610. The number of benzene rings is 1. The number of halogens is 1. The van der Waals surface area contributed by atoms with E-state index in [0.717, 1.165) is 6.07 Å². The molecule has 0 amide bonds. The van der Waals surface area contributed by atoms with Crippen molar-refractivity contribution in [1.82, 2.24) is 0 Å². The van der Waals surface area contributed by atoms with Crippen LogP contribution in [0, 0.1) is 26.0 Å². The van der Waals surface area contributed by atoms with Crippen LogP contribution in [0.15, 0.2) is 12.1 Å². The van der Waals surface area contributed by atoms with Gasteiger partial charge in [0.15, 0.2) is 0 Å². The zero-order chi connectivity index (χ0) is 11.6. The van der Waals surface area contributed by atoms with Crippen LogP contribution in [0.5, 0.6) is 0 Å². The Labute approximate surface area is 82.8 Å². The van der Waals surface area contributed by atoms with E-state index in [1.165, 1.54) is 7.05 Å². The Kier molecular flexibility index (Phi) is 2.79. The van der Waals surface area contributed by atoms with Crippen molar-refractivity contribution in [2.75, 3.05) is 12.4 Å². The summed E-state index contributed by atoms with van der Waals surface area (Å²) in [7, 11) is 1.35. The lowest BCUT2D eigenvalue weighted by molar-refractivity contribution is -0.395. The third-order valence-corrected chi connectivity index (χ3v) is 1.73. The highest BCUT2D eigenvalue weighted by Gasteiger charge is 2.23. The average molecular weight is 215 g/mol. The Balaban J connectivity index is 3.43. The van der Waals surface area contributed by atoms with Crippen LogP contribution in [0.25, 0.3) is 0 Å². The summed E-state index contributed by atoms with van der Waals surface area (Å²) < 4.78 is 13.0. The molecule has 80 valence electrons. The zero-order valence-corrected chi connectivity index (χ0v) is 7.56. The molecular formula is C7H6FN3O4. The van der Waals surface area contributed by atoms with Crippen LogP contribution in [-0.4, -0.2) is 16.9 Å². The van der Waals surface area contributed by atoms with E-state index in [-0.39, 0.29) is 5.69 Å². The molecule has 0 saturated heterocycles. The van der Waals surface area contributed by atoms with E-state index in [2.05, 4.69) is 5.32 Å². The number of rotatable bonds is 3. The van der Waals surface area contributed by atoms with Gasteiger partial charge >= 0.3 is 5.69 Å². The summed E-state index contributed by atoms with van der Waals surface area (Å²) in [5.74, 6) is -1.12. The molecule has 0 aliphatic carbocycles. The van der Waals surface area contributed by atoms with Crippen molar-refractivity contribution in [1.29, 1.82) is 0 Å². The number of anilines is 1. The minimum Gasteiger partial charge on any atom is -0.382 e. The number of nitro benzene ring substituents is 2. The molecule has 0 spiro atoms. The molecule has 0 atom stereocenters. The summed E-state index contributed by atoms with van der Waals surface area (Å²) >= 11 is 0. The van der Waals surface area contributed by atoms with E-state index in [1.54, 1.807) is 0 Å². The maximum atomic E-state index is 13.0. The molecule has 0 saturated carbocycles. The van der Waals surface area contributed by atoms with Gasteiger partial charge in [-0.05, 0) is 0 Å². The van der Waals surface area contributed by atoms with Crippen molar-refractivity contribution in [2.24, 2.45) is 0 Å². The SMILES string of the molecule is CNc1cc(F)c([N+](=O)[O-])cc1[N+](=O)[O-]. The molecule has 0 bridgehead atoms. The Morgan fingerprint density at radius 3 is 2.13 bits per heavy atom. The first-order valence-corrected chi connectivity index (χ1v) is 3.77. The van der Waals surface area contributed by atoms with Crippen LogP contribution in [0.2, 0.25) is 0 Å². The van der Waals surface area contributed by atoms with Gasteiger partial charge in [0, 0.05) is 13.1 Å². The summed E-state index contributed by atoms with van der Waals surface area (Å²) in [4.78, 5) is 19.0. The molecule has 0 aromatic heterocycles. The monoisotopic (exact) mass is 215 g/mol. The van der Waals surface area contributed by atoms with Gasteiger partial charge in [-0.15, -0.1) is 0 Å². The Bertz CT molecular complexity index is 434. The number of hydrogen-bond donors (Lipinski definition) is 1. The van der Waals surface area contributed by atoms with Crippen LogP contribution in [0.4, 0.5) is 21.5 Å². The molecule has 0 radical (unpaired) electrons. The summed E-state index contributed by atoms with van der Waals surface area (Å²) in [6.45, 7) is 0. The fraction of sp³-hybridized carbons (Fsp3) is 0.143. The van der Waals surface area contributed by atoms with E-state index >= 15 is 0 Å². The van der Waals surface area contributed by atoms with Crippen molar-refractivity contribution in [3.63, 3.8) is 0 Å². The zero-order valence-electron chi connectivity index (χ0n) is 7.56. The minimum absolute atomic E-state index is 0.108.